The van der Waals surface area contributed by atoms with Crippen LogP contribution in [0.2, 0.25) is 0 Å². The van der Waals surface area contributed by atoms with Crippen molar-refractivity contribution in [2.24, 2.45) is 0 Å². The van der Waals surface area contributed by atoms with E-state index in [9.17, 15) is 0 Å². The number of nitrogens with one attached hydrogen (secondary N) is 1. The summed E-state index contributed by atoms with van der Waals surface area (Å²) in [6.07, 6.45) is 1.79. The third-order valence-corrected chi connectivity index (χ3v) is 5.47. The summed E-state index contributed by atoms with van der Waals surface area (Å²) in [5.74, 6) is 0.723. The van der Waals surface area contributed by atoms with Gasteiger partial charge < -0.3 is 9.40 Å². The maximum absolute atomic E-state index is 5.99. The van der Waals surface area contributed by atoms with Crippen LogP contribution in [-0.2, 0) is 0 Å². The molecule has 0 bridgehead atoms. The van der Waals surface area contributed by atoms with Gasteiger partial charge in [0.25, 0.3) is 0 Å². The molecule has 6 aromatic rings. The molecule has 6 aromatic heterocycles. The van der Waals surface area contributed by atoms with Gasteiger partial charge >= 0.3 is 0 Å². The maximum Gasteiger partial charge on any atom is 0.155 e. The van der Waals surface area contributed by atoms with Gasteiger partial charge in [0.15, 0.2) is 11.3 Å². The largest absolute Gasteiger partial charge is 0.453 e. The third kappa shape index (κ3) is 2.34. The molecule has 5 nitrogen and oxygen atoms in total. The van der Waals surface area contributed by atoms with Crippen LogP contribution in [0.4, 0.5) is 0 Å². The lowest BCUT2D eigenvalue weighted by Crippen LogP contribution is -1.82. The van der Waals surface area contributed by atoms with Crippen LogP contribution in [0.5, 0.6) is 0 Å². The predicted molar refractivity (Wildman–Crippen MR) is 108 cm³/mol. The average Bonchev–Trinajstić information content (AvgIpc) is 3.42. The molecular formula is C21H12N4OS. The molecule has 0 unspecified atom stereocenters. The summed E-state index contributed by atoms with van der Waals surface area (Å²) in [6, 6.07) is 17.9. The van der Waals surface area contributed by atoms with E-state index in [0.29, 0.717) is 0 Å². The Labute approximate surface area is 157 Å². The molecule has 0 spiro atoms. The van der Waals surface area contributed by atoms with Crippen molar-refractivity contribution in [3.8, 4) is 22.8 Å². The van der Waals surface area contributed by atoms with Crippen molar-refractivity contribution in [1.82, 2.24) is 19.9 Å². The van der Waals surface area contributed by atoms with Gasteiger partial charge in [-0.05, 0) is 53.9 Å². The van der Waals surface area contributed by atoms with Gasteiger partial charge in [0.1, 0.15) is 11.2 Å². The zero-order chi connectivity index (χ0) is 17.8. The lowest BCUT2D eigenvalue weighted by Gasteiger charge is -1.96. The Morgan fingerprint density at radius 2 is 1.78 bits per heavy atom. The van der Waals surface area contributed by atoms with E-state index in [0.717, 1.165) is 50.5 Å². The first kappa shape index (κ1) is 14.6. The molecule has 6 rings (SSSR count). The molecule has 0 saturated carbocycles. The molecule has 0 radical (unpaired) electrons. The number of thiophene rings is 1. The maximum atomic E-state index is 5.99. The number of H-pyrrole nitrogens is 1. The molecule has 0 fully saturated rings. The summed E-state index contributed by atoms with van der Waals surface area (Å²) in [5, 5.41) is 2.04. The van der Waals surface area contributed by atoms with Crippen molar-refractivity contribution in [3.05, 3.63) is 66.2 Å². The van der Waals surface area contributed by atoms with Crippen molar-refractivity contribution in [2.75, 3.05) is 0 Å². The first-order chi connectivity index (χ1) is 13.3. The van der Waals surface area contributed by atoms with Crippen LogP contribution < -0.4 is 0 Å². The fraction of sp³-hybridized carbons (Fsp3) is 0. The Hall–Kier alpha value is -3.51. The summed E-state index contributed by atoms with van der Waals surface area (Å²) >= 11 is 1.68. The summed E-state index contributed by atoms with van der Waals surface area (Å²) < 4.78 is 7.15. The quantitative estimate of drug-likeness (QED) is 0.429. The Bertz CT molecular complexity index is 1410. The van der Waals surface area contributed by atoms with Gasteiger partial charge in [-0.3, -0.25) is 4.98 Å². The van der Waals surface area contributed by atoms with Gasteiger partial charge in [0.2, 0.25) is 0 Å². The number of aromatic nitrogens is 4. The number of furan rings is 1. The number of aromatic amines is 1. The van der Waals surface area contributed by atoms with Gasteiger partial charge in [0, 0.05) is 12.3 Å². The van der Waals surface area contributed by atoms with E-state index in [-0.39, 0.29) is 0 Å². The third-order valence-electron chi connectivity index (χ3n) is 4.60. The number of fused-ring (bicyclic) bond motifs is 3. The van der Waals surface area contributed by atoms with E-state index < -0.39 is 0 Å². The number of nitrogens with zero attached hydrogens (tertiary/aromatic N) is 3. The lowest BCUT2D eigenvalue weighted by molar-refractivity contribution is 0.628. The normalized spacial score (nSPS) is 11.7. The molecule has 0 aliphatic heterocycles. The Balaban J connectivity index is 1.46. The smallest absolute Gasteiger partial charge is 0.155 e. The monoisotopic (exact) mass is 368 g/mol. The van der Waals surface area contributed by atoms with Crippen LogP contribution in [0.3, 0.4) is 0 Å². The SMILES string of the molecule is c1cnc2cc(-c3ccc4oc(-c5ccc6sccc6n5)cc4n3)[nH]c2c1. The first-order valence-corrected chi connectivity index (χ1v) is 9.41. The molecule has 6 heteroatoms. The molecule has 1 N–H and O–H groups in total. The summed E-state index contributed by atoms with van der Waals surface area (Å²) in [6.45, 7) is 0. The molecule has 0 aliphatic rings. The van der Waals surface area contributed by atoms with Crippen molar-refractivity contribution in [3.63, 3.8) is 0 Å². The zero-order valence-electron chi connectivity index (χ0n) is 14.0. The van der Waals surface area contributed by atoms with Gasteiger partial charge in [-0.1, -0.05) is 0 Å². The fourth-order valence-electron chi connectivity index (χ4n) is 3.28. The minimum absolute atomic E-state index is 0.723. The van der Waals surface area contributed by atoms with Crippen LogP contribution in [0, 0.1) is 0 Å². The molecular weight excluding hydrogens is 356 g/mol. The van der Waals surface area contributed by atoms with Crippen LogP contribution >= 0.6 is 11.3 Å². The van der Waals surface area contributed by atoms with Crippen molar-refractivity contribution in [2.45, 2.75) is 0 Å². The van der Waals surface area contributed by atoms with Gasteiger partial charge in [-0.2, -0.15) is 0 Å². The van der Waals surface area contributed by atoms with Gasteiger partial charge in [-0.25, -0.2) is 9.97 Å². The van der Waals surface area contributed by atoms with Crippen molar-refractivity contribution < 1.29 is 4.42 Å². The minimum Gasteiger partial charge on any atom is -0.453 e. The highest BCUT2D eigenvalue weighted by atomic mass is 32.1. The minimum atomic E-state index is 0.723. The Morgan fingerprint density at radius 3 is 2.74 bits per heavy atom. The standard InChI is InChI=1S/C21H12N4OS/c1-2-12-16(22-8-1)10-17(23-12)13-3-5-19-18(24-13)11-20(26-19)14-4-6-21-15(25-14)7-9-27-21/h1-11,23H. The second-order valence-corrected chi connectivity index (χ2v) is 7.26. The van der Waals surface area contributed by atoms with E-state index in [1.165, 1.54) is 4.70 Å². The van der Waals surface area contributed by atoms with Crippen LogP contribution in [0.25, 0.3) is 55.2 Å². The topological polar surface area (TPSA) is 67.6 Å². The molecule has 0 amide bonds. The second kappa shape index (κ2) is 5.49. The summed E-state index contributed by atoms with van der Waals surface area (Å²) in [5.41, 5.74) is 7.07. The van der Waals surface area contributed by atoms with Crippen LogP contribution in [-0.4, -0.2) is 19.9 Å². The zero-order valence-corrected chi connectivity index (χ0v) is 14.8. The number of rotatable bonds is 2. The highest BCUT2D eigenvalue weighted by Gasteiger charge is 2.12. The lowest BCUT2D eigenvalue weighted by atomic mass is 10.2. The first-order valence-electron chi connectivity index (χ1n) is 8.53. The van der Waals surface area contributed by atoms with Crippen LogP contribution in [0.1, 0.15) is 0 Å². The molecule has 6 heterocycles. The van der Waals surface area contributed by atoms with Gasteiger partial charge in [0.05, 0.1) is 32.6 Å². The van der Waals surface area contributed by atoms with E-state index in [2.05, 4.69) is 21.0 Å². The average molecular weight is 368 g/mol. The second-order valence-electron chi connectivity index (χ2n) is 6.31. The number of pyridine rings is 3. The summed E-state index contributed by atoms with van der Waals surface area (Å²) in [7, 11) is 0. The summed E-state index contributed by atoms with van der Waals surface area (Å²) in [4.78, 5) is 17.2. The Kier molecular flexibility index (Phi) is 2.98. The van der Waals surface area contributed by atoms with Crippen molar-refractivity contribution in [1.29, 1.82) is 0 Å². The molecule has 0 saturated heterocycles. The number of hydrogen-bond donors (Lipinski definition) is 1. The predicted octanol–water partition coefficient (Wildman–Crippen LogP) is 5.65. The highest BCUT2D eigenvalue weighted by Crippen LogP contribution is 2.30. The van der Waals surface area contributed by atoms with E-state index in [1.54, 1.807) is 17.5 Å². The Morgan fingerprint density at radius 1 is 0.852 bits per heavy atom. The molecule has 0 aliphatic carbocycles. The van der Waals surface area contributed by atoms with E-state index in [4.69, 9.17) is 9.40 Å². The van der Waals surface area contributed by atoms with Crippen molar-refractivity contribution >= 4 is 43.7 Å². The van der Waals surface area contributed by atoms with E-state index in [1.807, 2.05) is 53.9 Å². The molecule has 0 aromatic carbocycles. The fourth-order valence-corrected chi connectivity index (χ4v) is 4.01. The molecule has 27 heavy (non-hydrogen) atoms. The van der Waals surface area contributed by atoms with E-state index >= 15 is 0 Å². The van der Waals surface area contributed by atoms with Gasteiger partial charge in [-0.15, -0.1) is 11.3 Å². The molecule has 128 valence electrons. The molecule has 0 atom stereocenters. The number of hydrogen-bond acceptors (Lipinski definition) is 5. The highest BCUT2D eigenvalue weighted by molar-refractivity contribution is 7.17. The van der Waals surface area contributed by atoms with Crippen LogP contribution in [0.15, 0.2) is 70.6 Å².